The Balaban J connectivity index is 5.42. The maximum absolute atomic E-state index is 12.6. The van der Waals surface area contributed by atoms with E-state index in [-0.39, 0.29) is 6.42 Å². The van der Waals surface area contributed by atoms with Gasteiger partial charge in [0.2, 0.25) is 23.6 Å². The summed E-state index contributed by atoms with van der Waals surface area (Å²) in [6, 6.07) is -6.40. The van der Waals surface area contributed by atoms with Gasteiger partial charge >= 0.3 is 17.9 Å². The Morgan fingerprint density at radius 2 is 1.26 bits per heavy atom. The first-order valence-electron chi connectivity index (χ1n) is 9.95. The fraction of sp³-hybridized carbons (Fsp3) is 0.611. The number of carboxylic acids is 3. The summed E-state index contributed by atoms with van der Waals surface area (Å²) in [4.78, 5) is 81.1. The first-order valence-corrected chi connectivity index (χ1v) is 9.95. The lowest BCUT2D eigenvalue weighted by Gasteiger charge is -2.26. The molecule has 0 radical (unpaired) electrons. The number of carbonyl (C=O) groups is 7. The molecular weight excluding hydrogens is 462 g/mol. The van der Waals surface area contributed by atoms with Crippen LogP contribution in [0.15, 0.2) is 0 Å². The number of carboxylic acid groups (broad SMARTS) is 3. The standard InChI is InChI=1S/C18H29N5O11/c1-7(24)14(17(32)21-9(18(33)34)3-5-13(28)29)23-16(31)10(6-11(20)25)22-15(30)8(19)2-4-12(26)27/h7-10,14,24H,2-6,19H2,1H3,(H2,20,25)(H,21,32)(H,22,30)(H,23,31)(H,26,27)(H,28,29)(H,33,34). The summed E-state index contributed by atoms with van der Waals surface area (Å²) >= 11 is 0. The number of rotatable bonds is 16. The van der Waals surface area contributed by atoms with Gasteiger partial charge in [-0.1, -0.05) is 0 Å². The van der Waals surface area contributed by atoms with Crippen LogP contribution in [-0.4, -0.2) is 92.2 Å². The summed E-state index contributed by atoms with van der Waals surface area (Å²) in [5.41, 5.74) is 10.6. The van der Waals surface area contributed by atoms with Crippen molar-refractivity contribution in [2.45, 2.75) is 69.3 Å². The lowest BCUT2D eigenvalue weighted by atomic mass is 10.1. The fourth-order valence-corrected chi connectivity index (χ4v) is 2.55. The van der Waals surface area contributed by atoms with Crippen LogP contribution in [0.2, 0.25) is 0 Å². The minimum Gasteiger partial charge on any atom is -0.481 e. The lowest BCUT2D eigenvalue weighted by Crippen LogP contribution is -2.60. The molecule has 0 aliphatic carbocycles. The molecule has 0 spiro atoms. The zero-order valence-electron chi connectivity index (χ0n) is 18.2. The number of aliphatic hydroxyl groups is 1. The molecule has 0 bridgehead atoms. The maximum atomic E-state index is 12.6. The Kier molecular flexibility index (Phi) is 12.8. The number of amides is 4. The molecule has 0 aromatic rings. The zero-order chi connectivity index (χ0) is 26.6. The lowest BCUT2D eigenvalue weighted by molar-refractivity contribution is -0.144. The van der Waals surface area contributed by atoms with Crippen LogP contribution in [0.3, 0.4) is 0 Å². The molecule has 0 aromatic heterocycles. The molecule has 0 aliphatic rings. The molecule has 5 atom stereocenters. The largest absolute Gasteiger partial charge is 0.481 e. The van der Waals surface area contributed by atoms with Crippen molar-refractivity contribution in [1.82, 2.24) is 16.0 Å². The van der Waals surface area contributed by atoms with Gasteiger partial charge in [0.15, 0.2) is 0 Å². The van der Waals surface area contributed by atoms with Gasteiger partial charge in [0.1, 0.15) is 18.1 Å². The predicted octanol–water partition coefficient (Wildman–Crippen LogP) is -4.16. The van der Waals surface area contributed by atoms with E-state index in [4.69, 9.17) is 26.8 Å². The van der Waals surface area contributed by atoms with E-state index in [0.717, 1.165) is 6.92 Å². The highest BCUT2D eigenvalue weighted by Crippen LogP contribution is 2.04. The third-order valence-corrected chi connectivity index (χ3v) is 4.37. The molecular formula is C18H29N5O11. The number of hydrogen-bond donors (Lipinski definition) is 9. The number of primary amides is 1. The number of aliphatic hydroxyl groups excluding tert-OH is 1. The predicted molar refractivity (Wildman–Crippen MR) is 111 cm³/mol. The van der Waals surface area contributed by atoms with Gasteiger partial charge in [0, 0.05) is 12.8 Å². The van der Waals surface area contributed by atoms with E-state index in [9.17, 15) is 38.7 Å². The zero-order valence-corrected chi connectivity index (χ0v) is 18.2. The van der Waals surface area contributed by atoms with Crippen molar-refractivity contribution in [3.8, 4) is 0 Å². The van der Waals surface area contributed by atoms with Crippen LogP contribution in [0.1, 0.15) is 39.0 Å². The molecule has 34 heavy (non-hydrogen) atoms. The van der Waals surface area contributed by atoms with E-state index < -0.39 is 97.5 Å². The molecule has 4 amide bonds. The van der Waals surface area contributed by atoms with Crippen molar-refractivity contribution in [1.29, 1.82) is 0 Å². The van der Waals surface area contributed by atoms with Crippen molar-refractivity contribution in [2.24, 2.45) is 11.5 Å². The van der Waals surface area contributed by atoms with Crippen LogP contribution in [0.5, 0.6) is 0 Å². The van der Waals surface area contributed by atoms with Gasteiger partial charge < -0.3 is 47.8 Å². The number of hydrogen-bond acceptors (Lipinski definition) is 9. The molecule has 0 aromatic carbocycles. The smallest absolute Gasteiger partial charge is 0.326 e. The molecule has 16 heteroatoms. The second-order valence-corrected chi connectivity index (χ2v) is 7.33. The van der Waals surface area contributed by atoms with Crippen LogP contribution in [0, 0.1) is 0 Å². The van der Waals surface area contributed by atoms with E-state index in [1.165, 1.54) is 0 Å². The van der Waals surface area contributed by atoms with Crippen molar-refractivity contribution >= 4 is 41.5 Å². The van der Waals surface area contributed by atoms with Gasteiger partial charge in [-0.05, 0) is 19.8 Å². The SMILES string of the molecule is CC(O)C(NC(=O)C(CC(N)=O)NC(=O)C(N)CCC(=O)O)C(=O)NC(CCC(=O)O)C(=O)O. The van der Waals surface area contributed by atoms with Gasteiger partial charge in [-0.25, -0.2) is 4.79 Å². The van der Waals surface area contributed by atoms with Crippen molar-refractivity contribution in [3.05, 3.63) is 0 Å². The van der Waals surface area contributed by atoms with Gasteiger partial charge in [-0.3, -0.25) is 28.8 Å². The summed E-state index contributed by atoms with van der Waals surface area (Å²) in [7, 11) is 0. The van der Waals surface area contributed by atoms with Crippen molar-refractivity contribution in [2.75, 3.05) is 0 Å². The molecule has 0 fully saturated rings. The minimum atomic E-state index is -1.76. The average Bonchev–Trinajstić information content (AvgIpc) is 2.71. The Morgan fingerprint density at radius 3 is 1.71 bits per heavy atom. The molecule has 0 rings (SSSR count). The second-order valence-electron chi connectivity index (χ2n) is 7.33. The Hall–Kier alpha value is -3.79. The molecule has 16 nitrogen and oxygen atoms in total. The van der Waals surface area contributed by atoms with E-state index in [1.807, 2.05) is 5.32 Å². The molecule has 11 N–H and O–H groups in total. The number of nitrogens with one attached hydrogen (secondary N) is 3. The highest BCUT2D eigenvalue weighted by molar-refractivity contribution is 5.96. The second kappa shape index (κ2) is 14.4. The highest BCUT2D eigenvalue weighted by Gasteiger charge is 2.33. The molecule has 0 aliphatic heterocycles. The Bertz CT molecular complexity index is 801. The van der Waals surface area contributed by atoms with Gasteiger partial charge in [-0.15, -0.1) is 0 Å². The number of nitrogens with two attached hydrogens (primary N) is 2. The van der Waals surface area contributed by atoms with Crippen molar-refractivity contribution < 1.29 is 54.0 Å². The quantitative estimate of drug-likeness (QED) is 0.0993. The Morgan fingerprint density at radius 1 is 0.765 bits per heavy atom. The highest BCUT2D eigenvalue weighted by atomic mass is 16.4. The fourth-order valence-electron chi connectivity index (χ4n) is 2.55. The molecule has 192 valence electrons. The van der Waals surface area contributed by atoms with Crippen LogP contribution < -0.4 is 27.4 Å². The van der Waals surface area contributed by atoms with E-state index >= 15 is 0 Å². The topological polar surface area (TPSA) is 289 Å². The van der Waals surface area contributed by atoms with Gasteiger partial charge in [-0.2, -0.15) is 0 Å². The average molecular weight is 491 g/mol. The summed E-state index contributed by atoms with van der Waals surface area (Å²) in [6.45, 7) is 1.08. The molecule has 0 saturated heterocycles. The summed E-state index contributed by atoms with van der Waals surface area (Å²) in [6.07, 6.45) is -4.12. The van der Waals surface area contributed by atoms with Crippen molar-refractivity contribution in [3.63, 3.8) is 0 Å². The third-order valence-electron chi connectivity index (χ3n) is 4.37. The monoisotopic (exact) mass is 491 g/mol. The summed E-state index contributed by atoms with van der Waals surface area (Å²) in [5.74, 6) is -8.44. The molecule has 0 saturated carbocycles. The van der Waals surface area contributed by atoms with E-state index in [1.54, 1.807) is 0 Å². The van der Waals surface area contributed by atoms with Crippen LogP contribution in [0.4, 0.5) is 0 Å². The number of aliphatic carboxylic acids is 3. The van der Waals surface area contributed by atoms with E-state index in [2.05, 4.69) is 10.6 Å². The number of carbonyl (C=O) groups excluding carboxylic acids is 4. The third kappa shape index (κ3) is 11.7. The first kappa shape index (κ1) is 30.2. The maximum Gasteiger partial charge on any atom is 0.326 e. The van der Waals surface area contributed by atoms with Crippen LogP contribution >= 0.6 is 0 Å². The van der Waals surface area contributed by atoms with Gasteiger partial charge in [0.05, 0.1) is 18.6 Å². The van der Waals surface area contributed by atoms with Crippen LogP contribution in [0.25, 0.3) is 0 Å². The Labute approximate surface area is 193 Å². The normalized spacial score (nSPS) is 15.0. The van der Waals surface area contributed by atoms with E-state index in [0.29, 0.717) is 0 Å². The summed E-state index contributed by atoms with van der Waals surface area (Å²) in [5, 5.41) is 42.5. The molecule has 0 heterocycles. The minimum absolute atomic E-state index is 0.280. The first-order chi connectivity index (χ1) is 15.6. The van der Waals surface area contributed by atoms with Crippen LogP contribution in [-0.2, 0) is 33.6 Å². The van der Waals surface area contributed by atoms with Gasteiger partial charge in [0.25, 0.3) is 0 Å². The molecule has 5 unspecified atom stereocenters. The summed E-state index contributed by atoms with van der Waals surface area (Å²) < 4.78 is 0.